The van der Waals surface area contributed by atoms with Crippen LogP contribution in [0.5, 0.6) is 5.75 Å². The molecule has 0 atom stereocenters. The highest BCUT2D eigenvalue weighted by Crippen LogP contribution is 2.40. The molecule has 0 N–H and O–H groups in total. The van der Waals surface area contributed by atoms with Crippen molar-refractivity contribution < 1.29 is 17.9 Å². The van der Waals surface area contributed by atoms with Crippen molar-refractivity contribution in [2.75, 3.05) is 18.8 Å². The largest absolute Gasteiger partial charge is 0.486 e. The van der Waals surface area contributed by atoms with Crippen molar-refractivity contribution in [2.24, 2.45) is 0 Å². The molecule has 0 aliphatic carbocycles. The van der Waals surface area contributed by atoms with Crippen LogP contribution in [0.25, 0.3) is 0 Å². The molecule has 0 aromatic heterocycles. The molecule has 0 unspecified atom stereocenters. The quantitative estimate of drug-likeness (QED) is 0.821. The summed E-state index contributed by atoms with van der Waals surface area (Å²) in [6.07, 6.45) is 1.23. The summed E-state index contributed by atoms with van der Waals surface area (Å²) in [5.41, 5.74) is 0.247. The van der Waals surface area contributed by atoms with E-state index >= 15 is 0 Å². The van der Waals surface area contributed by atoms with Crippen molar-refractivity contribution >= 4 is 15.8 Å². The van der Waals surface area contributed by atoms with Crippen LogP contribution >= 0.6 is 0 Å². The zero-order valence-corrected chi connectivity index (χ0v) is 13.7. The Morgan fingerprint density at radius 1 is 1.35 bits per heavy atom. The van der Waals surface area contributed by atoms with Crippen molar-refractivity contribution in [3.63, 3.8) is 0 Å². The first-order valence-corrected chi connectivity index (χ1v) is 9.24. The van der Waals surface area contributed by atoms with E-state index in [1.54, 1.807) is 25.1 Å². The topological polar surface area (TPSA) is 87.5 Å². The zero-order valence-electron chi connectivity index (χ0n) is 12.9. The third kappa shape index (κ3) is 2.84. The van der Waals surface area contributed by atoms with Gasteiger partial charge >= 0.3 is 0 Å². The summed E-state index contributed by atoms with van der Waals surface area (Å²) in [4.78, 5) is 12.4. The van der Waals surface area contributed by atoms with Gasteiger partial charge in [0.15, 0.2) is 5.78 Å². The maximum Gasteiger partial charge on any atom is 0.213 e. The Morgan fingerprint density at radius 2 is 2.04 bits per heavy atom. The lowest BCUT2D eigenvalue weighted by atomic mass is 9.83. The predicted molar refractivity (Wildman–Crippen MR) is 83.7 cm³/mol. The molecular formula is C16H18N2O4S. The number of ketones is 1. The first kappa shape index (κ1) is 16.0. The van der Waals surface area contributed by atoms with Gasteiger partial charge in [-0.15, -0.1) is 0 Å². The van der Waals surface area contributed by atoms with Crippen LogP contribution in [0.3, 0.4) is 0 Å². The molecule has 122 valence electrons. The normalized spacial score (nSPS) is 20.6. The van der Waals surface area contributed by atoms with Crippen LogP contribution in [0.1, 0.15) is 42.1 Å². The first-order chi connectivity index (χ1) is 10.9. The number of Topliss-reactive ketones (excluding diaryl/α,β-unsaturated/α-hetero) is 1. The summed E-state index contributed by atoms with van der Waals surface area (Å²) in [6.45, 7) is 2.37. The molecule has 23 heavy (non-hydrogen) atoms. The summed E-state index contributed by atoms with van der Waals surface area (Å²) < 4.78 is 31.4. The van der Waals surface area contributed by atoms with Crippen LogP contribution in [0.2, 0.25) is 0 Å². The van der Waals surface area contributed by atoms with E-state index in [1.807, 2.05) is 6.07 Å². The van der Waals surface area contributed by atoms with Gasteiger partial charge < -0.3 is 4.74 Å². The number of sulfonamides is 1. The number of carbonyl (C=O) groups excluding carboxylic acids is 1. The molecule has 2 aliphatic heterocycles. The fraction of sp³-hybridized carbons (Fsp3) is 0.500. The van der Waals surface area contributed by atoms with Crippen molar-refractivity contribution in [2.45, 2.75) is 31.8 Å². The van der Waals surface area contributed by atoms with Crippen LogP contribution in [0, 0.1) is 11.3 Å². The number of piperidine rings is 1. The number of fused-ring (bicyclic) bond motifs is 1. The van der Waals surface area contributed by atoms with Crippen molar-refractivity contribution in [3.8, 4) is 11.8 Å². The standard InChI is InChI=1S/C16H18N2O4S/c1-2-23(20,21)18-7-5-16(6-8-18)10-14(19)13-9-12(11-17)3-4-15(13)22-16/h3-4,9H,2,5-8,10H2,1H3. The van der Waals surface area contributed by atoms with Crippen LogP contribution in [0.15, 0.2) is 18.2 Å². The van der Waals surface area contributed by atoms with Gasteiger partial charge in [0, 0.05) is 25.9 Å². The summed E-state index contributed by atoms with van der Waals surface area (Å²) >= 11 is 0. The lowest BCUT2D eigenvalue weighted by molar-refractivity contribution is 0.00593. The van der Waals surface area contributed by atoms with E-state index in [0.29, 0.717) is 42.8 Å². The Balaban J connectivity index is 1.82. The molecule has 1 spiro atoms. The van der Waals surface area contributed by atoms with Crippen molar-refractivity contribution in [1.82, 2.24) is 4.31 Å². The van der Waals surface area contributed by atoms with E-state index in [1.165, 1.54) is 4.31 Å². The maximum atomic E-state index is 12.4. The second-order valence-electron chi connectivity index (χ2n) is 6.01. The van der Waals surface area contributed by atoms with E-state index in [0.717, 1.165) is 0 Å². The second kappa shape index (κ2) is 5.62. The Labute approximate surface area is 135 Å². The number of hydrogen-bond acceptors (Lipinski definition) is 5. The molecule has 1 aromatic rings. The molecule has 2 heterocycles. The number of benzene rings is 1. The van der Waals surface area contributed by atoms with Gasteiger partial charge in [0.05, 0.1) is 29.4 Å². The van der Waals surface area contributed by atoms with Crippen LogP contribution in [0.4, 0.5) is 0 Å². The number of hydrogen-bond donors (Lipinski definition) is 0. The minimum atomic E-state index is -3.20. The molecule has 1 aromatic carbocycles. The summed E-state index contributed by atoms with van der Waals surface area (Å²) in [5, 5.41) is 8.93. The van der Waals surface area contributed by atoms with Crippen molar-refractivity contribution in [3.05, 3.63) is 29.3 Å². The number of rotatable bonds is 2. The van der Waals surface area contributed by atoms with Gasteiger partial charge in [0.1, 0.15) is 11.4 Å². The molecular weight excluding hydrogens is 316 g/mol. The van der Waals surface area contributed by atoms with Gasteiger partial charge in [-0.05, 0) is 25.1 Å². The Hall–Kier alpha value is -1.91. The number of nitriles is 1. The van der Waals surface area contributed by atoms with Gasteiger partial charge in [-0.2, -0.15) is 5.26 Å². The number of ether oxygens (including phenoxy) is 1. The van der Waals surface area contributed by atoms with Gasteiger partial charge in [-0.1, -0.05) is 0 Å². The summed E-state index contributed by atoms with van der Waals surface area (Å²) in [6, 6.07) is 6.85. The van der Waals surface area contributed by atoms with Crippen LogP contribution < -0.4 is 4.74 Å². The minimum absolute atomic E-state index is 0.0462. The van der Waals surface area contributed by atoms with E-state index in [4.69, 9.17) is 10.00 Å². The Kier molecular flexibility index (Phi) is 3.90. The molecule has 0 radical (unpaired) electrons. The summed E-state index contributed by atoms with van der Waals surface area (Å²) in [7, 11) is -3.20. The molecule has 0 saturated carbocycles. The highest BCUT2D eigenvalue weighted by atomic mass is 32.2. The Bertz CT molecular complexity index is 787. The second-order valence-corrected chi connectivity index (χ2v) is 8.26. The lowest BCUT2D eigenvalue weighted by Gasteiger charge is -2.43. The highest BCUT2D eigenvalue weighted by Gasteiger charge is 2.44. The number of carbonyl (C=O) groups is 1. The number of nitrogens with zero attached hydrogens (tertiary/aromatic N) is 2. The van der Waals surface area contributed by atoms with Gasteiger partial charge in [0.25, 0.3) is 0 Å². The molecule has 1 saturated heterocycles. The highest BCUT2D eigenvalue weighted by molar-refractivity contribution is 7.89. The third-order valence-corrected chi connectivity index (χ3v) is 6.49. The van der Waals surface area contributed by atoms with E-state index in [-0.39, 0.29) is 18.0 Å². The van der Waals surface area contributed by atoms with E-state index in [9.17, 15) is 13.2 Å². The molecule has 0 bridgehead atoms. The fourth-order valence-electron chi connectivity index (χ4n) is 3.20. The average Bonchev–Trinajstić information content (AvgIpc) is 2.55. The van der Waals surface area contributed by atoms with Crippen LogP contribution in [-0.4, -0.2) is 42.9 Å². The Morgan fingerprint density at radius 3 is 2.65 bits per heavy atom. The average molecular weight is 334 g/mol. The molecule has 0 amide bonds. The molecule has 7 heteroatoms. The fourth-order valence-corrected chi connectivity index (χ4v) is 4.30. The summed E-state index contributed by atoms with van der Waals surface area (Å²) in [5.74, 6) is 0.529. The monoisotopic (exact) mass is 334 g/mol. The smallest absolute Gasteiger partial charge is 0.213 e. The SMILES string of the molecule is CCS(=O)(=O)N1CCC2(CC1)CC(=O)c1cc(C#N)ccc1O2. The van der Waals surface area contributed by atoms with E-state index in [2.05, 4.69) is 0 Å². The lowest BCUT2D eigenvalue weighted by Crippen LogP contribution is -2.52. The zero-order chi connectivity index (χ0) is 16.7. The third-order valence-electron chi connectivity index (χ3n) is 4.61. The first-order valence-electron chi connectivity index (χ1n) is 7.63. The van der Waals surface area contributed by atoms with Gasteiger partial charge in [0.2, 0.25) is 10.0 Å². The van der Waals surface area contributed by atoms with Gasteiger partial charge in [-0.25, -0.2) is 12.7 Å². The molecule has 1 fully saturated rings. The van der Waals surface area contributed by atoms with Crippen molar-refractivity contribution in [1.29, 1.82) is 5.26 Å². The van der Waals surface area contributed by atoms with Gasteiger partial charge in [-0.3, -0.25) is 4.79 Å². The molecule has 3 rings (SSSR count). The molecule has 2 aliphatic rings. The maximum absolute atomic E-state index is 12.4. The predicted octanol–water partition coefficient (Wildman–Crippen LogP) is 1.71. The van der Waals surface area contributed by atoms with Crippen LogP contribution in [-0.2, 0) is 10.0 Å². The van der Waals surface area contributed by atoms with E-state index < -0.39 is 15.6 Å². The minimum Gasteiger partial charge on any atom is -0.486 e. The molecule has 6 nitrogen and oxygen atoms in total.